The number of carbonyl (C=O) groups excluding carboxylic acids is 1. The SMILES string of the molecule is Fc1ccc2cncn2c1.O=CNCc1ccc(F)cn1. The van der Waals surface area contributed by atoms with Gasteiger partial charge in [-0.2, -0.15) is 0 Å². The molecular weight excluding hydrogens is 278 g/mol. The van der Waals surface area contributed by atoms with Gasteiger partial charge in [0, 0.05) is 6.20 Å². The maximum atomic E-state index is 12.5. The van der Waals surface area contributed by atoms with E-state index in [1.807, 2.05) is 0 Å². The highest BCUT2D eigenvalue weighted by atomic mass is 19.1. The molecule has 1 amide bonds. The van der Waals surface area contributed by atoms with Crippen molar-refractivity contribution in [2.75, 3.05) is 0 Å². The van der Waals surface area contributed by atoms with Crippen LogP contribution < -0.4 is 5.32 Å². The van der Waals surface area contributed by atoms with Crippen LogP contribution in [0.1, 0.15) is 5.69 Å². The summed E-state index contributed by atoms with van der Waals surface area (Å²) < 4.78 is 26.4. The molecule has 0 aliphatic carbocycles. The summed E-state index contributed by atoms with van der Waals surface area (Å²) in [5, 5.41) is 2.42. The second-order valence-corrected chi connectivity index (χ2v) is 4.04. The lowest BCUT2D eigenvalue weighted by molar-refractivity contribution is -0.109. The molecule has 0 unspecified atom stereocenters. The maximum absolute atomic E-state index is 12.5. The number of hydrogen-bond donors (Lipinski definition) is 1. The summed E-state index contributed by atoms with van der Waals surface area (Å²) in [5.74, 6) is -0.620. The molecule has 3 heterocycles. The normalized spacial score (nSPS) is 9.81. The van der Waals surface area contributed by atoms with Crippen LogP contribution in [0.15, 0.2) is 49.2 Å². The van der Waals surface area contributed by atoms with Gasteiger partial charge in [-0.15, -0.1) is 0 Å². The Bertz CT molecular complexity index is 712. The number of halogens is 2. The van der Waals surface area contributed by atoms with Gasteiger partial charge < -0.3 is 9.72 Å². The van der Waals surface area contributed by atoms with Crippen molar-refractivity contribution in [3.8, 4) is 0 Å². The van der Waals surface area contributed by atoms with Crippen molar-refractivity contribution < 1.29 is 13.6 Å². The lowest BCUT2D eigenvalue weighted by Crippen LogP contribution is -2.10. The zero-order valence-corrected chi connectivity index (χ0v) is 10.9. The number of amides is 1. The van der Waals surface area contributed by atoms with E-state index in [2.05, 4.69) is 15.3 Å². The predicted octanol–water partition coefficient (Wildman–Crippen LogP) is 1.94. The van der Waals surface area contributed by atoms with Gasteiger partial charge in [0.05, 0.1) is 36.5 Å². The van der Waals surface area contributed by atoms with Crippen LogP contribution in [0.5, 0.6) is 0 Å². The highest BCUT2D eigenvalue weighted by molar-refractivity contribution is 5.46. The van der Waals surface area contributed by atoms with Crippen molar-refractivity contribution in [1.82, 2.24) is 19.7 Å². The number of hydrogen-bond acceptors (Lipinski definition) is 3. The van der Waals surface area contributed by atoms with Crippen molar-refractivity contribution in [2.45, 2.75) is 6.54 Å². The number of nitrogens with one attached hydrogen (secondary N) is 1. The smallest absolute Gasteiger partial charge is 0.207 e. The third kappa shape index (κ3) is 4.34. The van der Waals surface area contributed by atoms with E-state index < -0.39 is 0 Å². The van der Waals surface area contributed by atoms with Crippen molar-refractivity contribution in [1.29, 1.82) is 0 Å². The quantitative estimate of drug-likeness (QED) is 0.750. The lowest BCUT2D eigenvalue weighted by atomic mass is 10.3. The van der Waals surface area contributed by atoms with Gasteiger partial charge in [-0.25, -0.2) is 13.8 Å². The van der Waals surface area contributed by atoms with E-state index in [1.165, 1.54) is 24.4 Å². The molecule has 0 aromatic carbocycles. The Morgan fingerprint density at radius 3 is 2.67 bits per heavy atom. The summed E-state index contributed by atoms with van der Waals surface area (Å²) in [6.07, 6.45) is 6.33. The molecule has 5 nitrogen and oxygen atoms in total. The minimum atomic E-state index is -0.375. The van der Waals surface area contributed by atoms with Gasteiger partial charge in [-0.3, -0.25) is 9.78 Å². The molecule has 0 bridgehead atoms. The van der Waals surface area contributed by atoms with Crippen LogP contribution in [0, 0.1) is 11.6 Å². The van der Waals surface area contributed by atoms with Gasteiger partial charge in [-0.05, 0) is 24.3 Å². The minimum Gasteiger partial charge on any atom is -0.353 e. The number of fused-ring (bicyclic) bond motifs is 1. The zero-order chi connectivity index (χ0) is 15.1. The first-order valence-corrected chi connectivity index (χ1v) is 6.04. The molecular formula is C14H12F2N4O. The Morgan fingerprint density at radius 2 is 1.95 bits per heavy atom. The third-order valence-electron chi connectivity index (χ3n) is 2.53. The van der Waals surface area contributed by atoms with E-state index in [1.54, 1.807) is 23.0 Å². The van der Waals surface area contributed by atoms with E-state index in [4.69, 9.17) is 0 Å². The van der Waals surface area contributed by atoms with Crippen LogP contribution in [-0.2, 0) is 11.3 Å². The van der Waals surface area contributed by atoms with Crippen molar-refractivity contribution in [3.05, 3.63) is 66.5 Å². The average Bonchev–Trinajstić information content (AvgIpc) is 2.95. The summed E-state index contributed by atoms with van der Waals surface area (Å²) >= 11 is 0. The minimum absolute atomic E-state index is 0.245. The third-order valence-corrected chi connectivity index (χ3v) is 2.53. The van der Waals surface area contributed by atoms with Crippen LogP contribution in [0.2, 0.25) is 0 Å². The topological polar surface area (TPSA) is 59.3 Å². The second-order valence-electron chi connectivity index (χ2n) is 4.04. The number of aromatic nitrogens is 3. The Kier molecular flexibility index (Phi) is 4.92. The first kappa shape index (κ1) is 14.6. The average molecular weight is 290 g/mol. The molecule has 21 heavy (non-hydrogen) atoms. The monoisotopic (exact) mass is 290 g/mol. The fraction of sp³-hybridized carbons (Fsp3) is 0.0714. The largest absolute Gasteiger partial charge is 0.353 e. The molecule has 1 N–H and O–H groups in total. The molecule has 108 valence electrons. The molecule has 3 aromatic rings. The fourth-order valence-electron chi connectivity index (χ4n) is 1.55. The van der Waals surface area contributed by atoms with E-state index in [-0.39, 0.29) is 11.6 Å². The van der Waals surface area contributed by atoms with E-state index in [9.17, 15) is 13.6 Å². The molecule has 0 aliphatic rings. The van der Waals surface area contributed by atoms with E-state index in [0.29, 0.717) is 18.6 Å². The highest BCUT2D eigenvalue weighted by Crippen LogP contribution is 2.02. The maximum Gasteiger partial charge on any atom is 0.207 e. The number of nitrogens with zero attached hydrogens (tertiary/aromatic N) is 3. The molecule has 0 saturated carbocycles. The lowest BCUT2D eigenvalue weighted by Gasteiger charge is -1.96. The standard InChI is InChI=1S/C7H7FN2O.C7H5FN2/c8-6-1-2-7(10-3-6)4-9-5-11;8-6-1-2-7-3-9-5-10(7)4-6/h1-3,5H,4H2,(H,9,11);1-5H. The first-order valence-electron chi connectivity index (χ1n) is 6.04. The fourth-order valence-corrected chi connectivity index (χ4v) is 1.55. The van der Waals surface area contributed by atoms with Crippen LogP contribution in [0.3, 0.4) is 0 Å². The van der Waals surface area contributed by atoms with E-state index >= 15 is 0 Å². The Labute approximate surface area is 119 Å². The number of imidazole rings is 1. The van der Waals surface area contributed by atoms with Gasteiger partial charge in [0.2, 0.25) is 6.41 Å². The highest BCUT2D eigenvalue weighted by Gasteiger charge is 1.93. The Morgan fingerprint density at radius 1 is 1.14 bits per heavy atom. The first-order chi connectivity index (χ1) is 10.2. The van der Waals surface area contributed by atoms with Crippen LogP contribution in [0.4, 0.5) is 8.78 Å². The molecule has 3 aromatic heterocycles. The molecule has 0 saturated heterocycles. The molecule has 3 rings (SSSR count). The summed E-state index contributed by atoms with van der Waals surface area (Å²) in [4.78, 5) is 17.4. The van der Waals surface area contributed by atoms with Gasteiger partial charge in [-0.1, -0.05) is 0 Å². The molecule has 0 atom stereocenters. The zero-order valence-electron chi connectivity index (χ0n) is 10.9. The molecule has 0 aliphatic heterocycles. The molecule has 0 fully saturated rings. The van der Waals surface area contributed by atoms with Crippen LogP contribution >= 0.6 is 0 Å². The predicted molar refractivity (Wildman–Crippen MR) is 72.2 cm³/mol. The van der Waals surface area contributed by atoms with Crippen molar-refractivity contribution in [3.63, 3.8) is 0 Å². The second kappa shape index (κ2) is 7.09. The Balaban J connectivity index is 0.000000154. The van der Waals surface area contributed by atoms with Gasteiger partial charge >= 0.3 is 0 Å². The summed E-state index contributed by atoms with van der Waals surface area (Å²) in [7, 11) is 0. The van der Waals surface area contributed by atoms with Crippen LogP contribution in [-0.4, -0.2) is 20.8 Å². The summed E-state index contributed by atoms with van der Waals surface area (Å²) in [6, 6.07) is 5.92. The summed E-state index contributed by atoms with van der Waals surface area (Å²) in [5.41, 5.74) is 1.54. The van der Waals surface area contributed by atoms with Crippen molar-refractivity contribution >= 4 is 11.9 Å². The molecule has 0 radical (unpaired) electrons. The van der Waals surface area contributed by atoms with Gasteiger partial charge in [0.1, 0.15) is 11.6 Å². The summed E-state index contributed by atoms with van der Waals surface area (Å²) in [6.45, 7) is 0.337. The Hall–Kier alpha value is -2.83. The number of pyridine rings is 2. The van der Waals surface area contributed by atoms with Crippen molar-refractivity contribution in [2.24, 2.45) is 0 Å². The van der Waals surface area contributed by atoms with Gasteiger partial charge in [0.25, 0.3) is 0 Å². The number of carbonyl (C=O) groups is 1. The van der Waals surface area contributed by atoms with Crippen LogP contribution in [0.25, 0.3) is 5.52 Å². The van der Waals surface area contributed by atoms with Gasteiger partial charge in [0.15, 0.2) is 0 Å². The molecule has 7 heteroatoms. The van der Waals surface area contributed by atoms with E-state index in [0.717, 1.165) is 11.7 Å². The molecule has 0 spiro atoms. The number of rotatable bonds is 3.